The summed E-state index contributed by atoms with van der Waals surface area (Å²) in [7, 11) is 0. The number of hydrogen-bond donors (Lipinski definition) is 0. The number of carbonyl (C=O) groups excluding carboxylic acids is 1. The van der Waals surface area contributed by atoms with E-state index < -0.39 is 0 Å². The molecule has 0 aliphatic rings. The molecule has 2 nitrogen and oxygen atoms in total. The molecule has 0 aliphatic carbocycles. The summed E-state index contributed by atoms with van der Waals surface area (Å²) in [5.41, 5.74) is 0.676. The number of unbranched alkanes of at least 4 members (excludes halogenated alkanes) is 10. The van der Waals surface area contributed by atoms with Crippen LogP contribution in [0.5, 0.6) is 0 Å². The SMILES string of the molecule is CCCCCCCCC(CCCCCCCC)C(=O)OCC(CCC(C)CC(C)(C)C)C(C)CC(C)(C)C. The van der Waals surface area contributed by atoms with E-state index in [9.17, 15) is 4.79 Å². The first-order valence-corrected chi connectivity index (χ1v) is 17.0. The van der Waals surface area contributed by atoms with Gasteiger partial charge in [-0.2, -0.15) is 0 Å². The number of ether oxygens (including phenoxy) is 1. The van der Waals surface area contributed by atoms with Crippen molar-refractivity contribution >= 4 is 5.97 Å². The summed E-state index contributed by atoms with van der Waals surface area (Å²) in [6.07, 6.45) is 22.3. The van der Waals surface area contributed by atoms with E-state index in [1.54, 1.807) is 0 Å². The van der Waals surface area contributed by atoms with Crippen LogP contribution in [-0.4, -0.2) is 12.6 Å². The lowest BCUT2D eigenvalue weighted by Gasteiger charge is -2.31. The minimum atomic E-state index is 0.0998. The van der Waals surface area contributed by atoms with E-state index in [4.69, 9.17) is 4.74 Å². The van der Waals surface area contributed by atoms with Crippen molar-refractivity contribution in [3.05, 3.63) is 0 Å². The van der Waals surface area contributed by atoms with E-state index in [2.05, 4.69) is 69.2 Å². The second-order valence-electron chi connectivity index (χ2n) is 15.4. The van der Waals surface area contributed by atoms with Crippen LogP contribution in [-0.2, 0) is 9.53 Å². The van der Waals surface area contributed by atoms with E-state index in [1.165, 1.54) is 103 Å². The van der Waals surface area contributed by atoms with Crippen molar-refractivity contribution in [1.82, 2.24) is 0 Å². The first-order valence-electron chi connectivity index (χ1n) is 17.0. The number of esters is 1. The van der Waals surface area contributed by atoms with Crippen molar-refractivity contribution in [2.45, 2.75) is 185 Å². The average molecular weight is 537 g/mol. The molecule has 0 aromatic heterocycles. The predicted octanol–water partition coefficient (Wildman–Crippen LogP) is 12.2. The molecular weight excluding hydrogens is 464 g/mol. The first-order chi connectivity index (χ1) is 17.8. The molecule has 0 aliphatic heterocycles. The van der Waals surface area contributed by atoms with Crippen LogP contribution in [0.3, 0.4) is 0 Å². The maximum atomic E-state index is 13.4. The van der Waals surface area contributed by atoms with E-state index in [0.717, 1.165) is 12.8 Å². The van der Waals surface area contributed by atoms with Gasteiger partial charge in [-0.1, -0.05) is 153 Å². The Labute approximate surface area is 241 Å². The van der Waals surface area contributed by atoms with Crippen molar-refractivity contribution in [1.29, 1.82) is 0 Å². The summed E-state index contributed by atoms with van der Waals surface area (Å²) in [6.45, 7) is 24.0. The van der Waals surface area contributed by atoms with Gasteiger partial charge in [0.15, 0.2) is 0 Å². The summed E-state index contributed by atoms with van der Waals surface area (Å²) in [5.74, 6) is 1.95. The van der Waals surface area contributed by atoms with Crippen LogP contribution in [0.2, 0.25) is 0 Å². The maximum absolute atomic E-state index is 13.4. The Kier molecular flexibility index (Phi) is 21.0. The van der Waals surface area contributed by atoms with Gasteiger partial charge in [0, 0.05) is 0 Å². The van der Waals surface area contributed by atoms with Crippen molar-refractivity contribution in [3.63, 3.8) is 0 Å². The quantitative estimate of drug-likeness (QED) is 0.0958. The van der Waals surface area contributed by atoms with Gasteiger partial charge >= 0.3 is 5.97 Å². The molecule has 0 N–H and O–H groups in total. The van der Waals surface area contributed by atoms with Crippen LogP contribution in [0.1, 0.15) is 185 Å². The molecule has 0 rings (SSSR count). The molecule has 0 radical (unpaired) electrons. The standard InChI is InChI=1S/C36H72O2/c1-11-13-15-17-19-21-23-32(24-22-20-18-16-14-12-2)34(37)38-29-33(31(4)28-36(8,9)10)26-25-30(3)27-35(5,6)7/h30-33H,11-29H2,1-10H3. The highest BCUT2D eigenvalue weighted by Gasteiger charge is 2.27. The number of hydrogen-bond acceptors (Lipinski definition) is 2. The topological polar surface area (TPSA) is 26.3 Å². The third-order valence-electron chi connectivity index (χ3n) is 8.32. The minimum absolute atomic E-state index is 0.0998. The van der Waals surface area contributed by atoms with Crippen molar-refractivity contribution in [2.75, 3.05) is 6.61 Å². The van der Waals surface area contributed by atoms with Crippen molar-refractivity contribution < 1.29 is 9.53 Å². The average Bonchev–Trinajstić information content (AvgIpc) is 2.79. The van der Waals surface area contributed by atoms with Crippen LogP contribution in [0.25, 0.3) is 0 Å². The maximum Gasteiger partial charge on any atom is 0.308 e. The first kappa shape index (κ1) is 37.5. The molecule has 0 amide bonds. The van der Waals surface area contributed by atoms with Gasteiger partial charge in [0.05, 0.1) is 12.5 Å². The fourth-order valence-electron chi connectivity index (χ4n) is 6.34. The Balaban J connectivity index is 5.04. The minimum Gasteiger partial charge on any atom is -0.465 e. The molecule has 0 aromatic rings. The zero-order valence-corrected chi connectivity index (χ0v) is 28.1. The van der Waals surface area contributed by atoms with Gasteiger partial charge in [-0.05, 0) is 60.7 Å². The monoisotopic (exact) mass is 537 g/mol. The van der Waals surface area contributed by atoms with Gasteiger partial charge in [0.25, 0.3) is 0 Å². The molecule has 0 saturated heterocycles. The highest BCUT2D eigenvalue weighted by molar-refractivity contribution is 5.72. The van der Waals surface area contributed by atoms with E-state index in [0.29, 0.717) is 35.2 Å². The Morgan fingerprint density at radius 3 is 1.50 bits per heavy atom. The highest BCUT2D eigenvalue weighted by Crippen LogP contribution is 2.34. The fourth-order valence-corrected chi connectivity index (χ4v) is 6.34. The molecule has 0 bridgehead atoms. The van der Waals surface area contributed by atoms with Gasteiger partial charge in [-0.15, -0.1) is 0 Å². The fraction of sp³-hybridized carbons (Fsp3) is 0.972. The van der Waals surface area contributed by atoms with Crippen LogP contribution in [0.4, 0.5) is 0 Å². The second-order valence-corrected chi connectivity index (χ2v) is 15.4. The Bertz CT molecular complexity index is 537. The molecule has 2 heteroatoms. The predicted molar refractivity (Wildman–Crippen MR) is 170 cm³/mol. The Hall–Kier alpha value is -0.530. The summed E-state index contributed by atoms with van der Waals surface area (Å²) in [5, 5.41) is 0. The molecule has 3 atom stereocenters. The van der Waals surface area contributed by atoms with Gasteiger partial charge in [0.1, 0.15) is 0 Å². The Morgan fingerprint density at radius 2 is 1.05 bits per heavy atom. The van der Waals surface area contributed by atoms with Crippen LogP contribution in [0, 0.1) is 34.5 Å². The molecular formula is C36H72O2. The second kappa shape index (κ2) is 21.2. The molecule has 0 aromatic carbocycles. The van der Waals surface area contributed by atoms with Crippen LogP contribution in [0.15, 0.2) is 0 Å². The number of carbonyl (C=O) groups is 1. The van der Waals surface area contributed by atoms with Gasteiger partial charge in [-0.3, -0.25) is 4.79 Å². The zero-order valence-electron chi connectivity index (χ0n) is 28.1. The summed E-state index contributed by atoms with van der Waals surface area (Å²) in [6, 6.07) is 0. The van der Waals surface area contributed by atoms with E-state index >= 15 is 0 Å². The van der Waals surface area contributed by atoms with Crippen molar-refractivity contribution in [2.24, 2.45) is 34.5 Å². The van der Waals surface area contributed by atoms with Gasteiger partial charge in [0.2, 0.25) is 0 Å². The number of rotatable bonds is 23. The summed E-state index contributed by atoms with van der Waals surface area (Å²) in [4.78, 5) is 13.4. The highest BCUT2D eigenvalue weighted by atomic mass is 16.5. The molecule has 3 unspecified atom stereocenters. The van der Waals surface area contributed by atoms with Crippen LogP contribution >= 0.6 is 0 Å². The lowest BCUT2D eigenvalue weighted by Crippen LogP contribution is -2.27. The smallest absolute Gasteiger partial charge is 0.308 e. The van der Waals surface area contributed by atoms with E-state index in [1.807, 2.05) is 0 Å². The molecule has 0 spiro atoms. The lowest BCUT2D eigenvalue weighted by atomic mass is 9.76. The third kappa shape index (κ3) is 22.3. The summed E-state index contributed by atoms with van der Waals surface area (Å²) >= 11 is 0. The zero-order chi connectivity index (χ0) is 29.0. The van der Waals surface area contributed by atoms with Crippen LogP contribution < -0.4 is 0 Å². The van der Waals surface area contributed by atoms with Gasteiger partial charge < -0.3 is 4.74 Å². The molecule has 0 saturated carbocycles. The molecule has 0 heterocycles. The van der Waals surface area contributed by atoms with Crippen molar-refractivity contribution in [3.8, 4) is 0 Å². The molecule has 0 fully saturated rings. The van der Waals surface area contributed by atoms with Gasteiger partial charge in [-0.25, -0.2) is 0 Å². The largest absolute Gasteiger partial charge is 0.465 e. The Morgan fingerprint density at radius 1 is 0.605 bits per heavy atom. The normalized spacial score (nSPS) is 15.0. The van der Waals surface area contributed by atoms with E-state index in [-0.39, 0.29) is 11.9 Å². The molecule has 38 heavy (non-hydrogen) atoms. The lowest BCUT2D eigenvalue weighted by molar-refractivity contribution is -0.151. The molecule has 228 valence electrons. The summed E-state index contributed by atoms with van der Waals surface area (Å²) < 4.78 is 6.19. The third-order valence-corrected chi connectivity index (χ3v) is 8.32.